The van der Waals surface area contributed by atoms with Gasteiger partial charge < -0.3 is 45.7 Å². The molecule has 0 saturated heterocycles. The number of methoxy groups -OCH3 is 1. The monoisotopic (exact) mass is 863 g/mol. The molecule has 0 radical (unpaired) electrons. The van der Waals surface area contributed by atoms with Crippen LogP contribution in [0, 0.1) is 0 Å². The summed E-state index contributed by atoms with van der Waals surface area (Å²) in [5.41, 5.74) is 3.61. The Morgan fingerprint density at radius 2 is 1.51 bits per heavy atom. The summed E-state index contributed by atoms with van der Waals surface area (Å²) in [6.07, 6.45) is 5.13. The zero-order chi connectivity index (χ0) is 45.2. The normalized spacial score (nSPS) is 14.5. The van der Waals surface area contributed by atoms with Crippen LogP contribution in [0.1, 0.15) is 78.9 Å². The van der Waals surface area contributed by atoms with Gasteiger partial charge in [0.15, 0.2) is 17.3 Å². The molecule has 19 heteroatoms. The van der Waals surface area contributed by atoms with E-state index in [2.05, 4.69) is 36.6 Å². The van der Waals surface area contributed by atoms with Crippen molar-refractivity contribution in [1.29, 1.82) is 0 Å². The maximum absolute atomic E-state index is 13.7. The first-order valence-electron chi connectivity index (χ1n) is 20.4. The van der Waals surface area contributed by atoms with Crippen molar-refractivity contribution in [2.75, 3.05) is 34.6 Å². The Balaban J connectivity index is 0.927. The maximum Gasteiger partial charge on any atom is 0.303 e. The molecule has 0 unspecified atom stereocenters. The molecule has 3 heterocycles. The van der Waals surface area contributed by atoms with Crippen molar-refractivity contribution >= 4 is 76.2 Å². The number of carbonyl (C=O) groups excluding carboxylic acids is 6. The van der Waals surface area contributed by atoms with Gasteiger partial charge in [0, 0.05) is 68.3 Å². The fraction of sp³-hybridized carbons (Fsp3) is 0.341. The van der Waals surface area contributed by atoms with E-state index in [1.54, 1.807) is 54.6 Å². The number of aromatic nitrogens is 2. The summed E-state index contributed by atoms with van der Waals surface area (Å²) in [4.78, 5) is 98.3. The van der Waals surface area contributed by atoms with Gasteiger partial charge in [0.2, 0.25) is 29.5 Å². The quantitative estimate of drug-likeness (QED) is 0.0723. The third kappa shape index (κ3) is 11.4. The number of benzene rings is 3. The molecule has 2 aliphatic rings. The number of hydrogen-bond donors (Lipinski definition) is 6. The van der Waals surface area contributed by atoms with Crippen LogP contribution >= 0.6 is 0 Å². The van der Waals surface area contributed by atoms with Crippen molar-refractivity contribution < 1.29 is 48.1 Å². The minimum atomic E-state index is -0.949. The average molecular weight is 864 g/mol. The molecule has 6 rings (SSSR count). The van der Waals surface area contributed by atoms with Crippen molar-refractivity contribution in [3.05, 3.63) is 83.8 Å². The second kappa shape index (κ2) is 20.3. The van der Waals surface area contributed by atoms with Gasteiger partial charge in [0.05, 0.1) is 31.0 Å². The first kappa shape index (κ1) is 45.0. The topological polar surface area (TPSA) is 252 Å². The van der Waals surface area contributed by atoms with Crippen LogP contribution in [-0.2, 0) is 37.4 Å². The Kier molecular flexibility index (Phi) is 14.5. The fourth-order valence-corrected chi connectivity index (χ4v) is 6.97. The number of fused-ring (bicyclic) bond motifs is 4. The van der Waals surface area contributed by atoms with Gasteiger partial charge in [-0.05, 0) is 75.1 Å². The van der Waals surface area contributed by atoms with Crippen molar-refractivity contribution in [2.45, 2.75) is 76.9 Å². The lowest BCUT2D eigenvalue weighted by Gasteiger charge is -2.22. The van der Waals surface area contributed by atoms with E-state index in [4.69, 9.17) is 14.6 Å². The van der Waals surface area contributed by atoms with Crippen LogP contribution in [0.2, 0.25) is 0 Å². The zero-order valence-corrected chi connectivity index (χ0v) is 35.2. The predicted molar refractivity (Wildman–Crippen MR) is 233 cm³/mol. The molecule has 19 nitrogen and oxygen atoms in total. The van der Waals surface area contributed by atoms with E-state index in [0.717, 1.165) is 11.3 Å². The van der Waals surface area contributed by atoms with Gasteiger partial charge in [-0.25, -0.2) is 4.98 Å². The standard InChI is InChI=1S/C44H49N9O10/c1-25(46-37(54)12-7-8-14-39(56)57)41(58)47-26(2)42(59)48-28-15-17-29(18-16-28)49-43(60)40-51-36(24-52(40)3)50-38(55)13-9-19-63-35-22-32-31(21-34(35)62-4)44(61)53-30(23-45-32)20-27-10-5-6-11-33(27)53/h5-6,10-11,15-18,21-26,30H,7-9,12-14,19-20H2,1-4H3,(H,46,54)(H,47,58)(H,48,59)(H,49,60)(H,50,55)(H,56,57)/t25-,26-,30-/m0/s1. The van der Waals surface area contributed by atoms with Gasteiger partial charge in [0.1, 0.15) is 12.1 Å². The number of nitrogens with zero attached hydrogens (tertiary/aromatic N) is 4. The Hall–Kier alpha value is -7.57. The Bertz CT molecular complexity index is 2430. The molecule has 2 aliphatic heterocycles. The summed E-state index contributed by atoms with van der Waals surface area (Å²) in [6, 6.07) is 15.3. The van der Waals surface area contributed by atoms with Crippen LogP contribution in [0.4, 0.5) is 28.6 Å². The molecule has 0 bridgehead atoms. The molecule has 0 aliphatic carbocycles. The minimum absolute atomic E-state index is 0.0280. The van der Waals surface area contributed by atoms with E-state index in [-0.39, 0.29) is 55.4 Å². The highest BCUT2D eigenvalue weighted by Gasteiger charge is 2.36. The number of carboxylic acids is 1. The number of aryl methyl sites for hydroxylation is 1. The number of para-hydroxylation sites is 1. The summed E-state index contributed by atoms with van der Waals surface area (Å²) in [6.45, 7) is 3.12. The summed E-state index contributed by atoms with van der Waals surface area (Å²) >= 11 is 0. The van der Waals surface area contributed by atoms with E-state index < -0.39 is 41.7 Å². The van der Waals surface area contributed by atoms with Crippen LogP contribution in [0.3, 0.4) is 0 Å². The number of unbranched alkanes of at least 4 members (excludes halogenated alkanes) is 1. The van der Waals surface area contributed by atoms with E-state index in [9.17, 15) is 33.6 Å². The molecule has 63 heavy (non-hydrogen) atoms. The molecule has 0 spiro atoms. The highest BCUT2D eigenvalue weighted by Crippen LogP contribution is 2.41. The second-order valence-electron chi connectivity index (χ2n) is 15.1. The van der Waals surface area contributed by atoms with Crippen molar-refractivity contribution in [3.63, 3.8) is 0 Å². The van der Waals surface area contributed by atoms with Gasteiger partial charge in [0.25, 0.3) is 11.8 Å². The number of anilines is 4. The SMILES string of the molecule is COc1cc2c(cc1OCCCC(=O)Nc1cn(C)c(C(=O)Nc3ccc(NC(=O)[C@H](C)NC(=O)[C@H](C)NC(=O)CCCCC(=O)O)cc3)n1)N=C[C@@H]1Cc3ccccc3N1C2=O. The molecule has 4 aromatic rings. The van der Waals surface area contributed by atoms with Gasteiger partial charge in [-0.1, -0.05) is 18.2 Å². The number of carbonyl (C=O) groups is 7. The van der Waals surface area contributed by atoms with Crippen LogP contribution in [0.25, 0.3) is 0 Å². The molecule has 0 saturated carbocycles. The molecular weight excluding hydrogens is 815 g/mol. The number of hydrogen-bond acceptors (Lipinski definition) is 11. The van der Waals surface area contributed by atoms with Crippen LogP contribution in [-0.4, -0.2) is 94.1 Å². The lowest BCUT2D eigenvalue weighted by atomic mass is 10.1. The molecule has 6 amide bonds. The summed E-state index contributed by atoms with van der Waals surface area (Å²) < 4.78 is 13.0. The number of aliphatic imine (C=N–C) groups is 1. The van der Waals surface area contributed by atoms with Crippen LogP contribution in [0.5, 0.6) is 11.5 Å². The molecular formula is C44H49N9O10. The number of imidazole rings is 1. The smallest absolute Gasteiger partial charge is 0.303 e. The van der Waals surface area contributed by atoms with Crippen LogP contribution in [0.15, 0.2) is 71.9 Å². The third-order valence-corrected chi connectivity index (χ3v) is 10.3. The number of amides is 6. The molecule has 3 atom stereocenters. The zero-order valence-electron chi connectivity index (χ0n) is 35.2. The third-order valence-electron chi connectivity index (χ3n) is 10.3. The van der Waals surface area contributed by atoms with Crippen molar-refractivity contribution in [1.82, 2.24) is 20.2 Å². The van der Waals surface area contributed by atoms with Crippen molar-refractivity contribution in [2.24, 2.45) is 12.0 Å². The number of rotatable bonds is 19. The van der Waals surface area contributed by atoms with Crippen LogP contribution < -0.4 is 41.0 Å². The molecule has 330 valence electrons. The van der Waals surface area contributed by atoms with Gasteiger partial charge in [-0.2, -0.15) is 0 Å². The highest BCUT2D eigenvalue weighted by molar-refractivity contribution is 6.15. The number of ether oxygens (including phenoxy) is 2. The van der Waals surface area contributed by atoms with Gasteiger partial charge in [-0.15, -0.1) is 0 Å². The number of carboxylic acid groups (broad SMARTS) is 1. The van der Waals surface area contributed by atoms with Gasteiger partial charge in [-0.3, -0.25) is 43.5 Å². The van der Waals surface area contributed by atoms with E-state index in [1.807, 2.05) is 24.3 Å². The Labute approximate surface area is 362 Å². The van der Waals surface area contributed by atoms with E-state index in [0.29, 0.717) is 59.8 Å². The highest BCUT2D eigenvalue weighted by atomic mass is 16.5. The predicted octanol–water partition coefficient (Wildman–Crippen LogP) is 4.36. The fourth-order valence-electron chi connectivity index (χ4n) is 6.97. The molecule has 0 fully saturated rings. The first-order chi connectivity index (χ1) is 30.2. The van der Waals surface area contributed by atoms with Gasteiger partial charge >= 0.3 is 5.97 Å². The van der Waals surface area contributed by atoms with E-state index in [1.165, 1.54) is 31.7 Å². The molecule has 3 aromatic carbocycles. The minimum Gasteiger partial charge on any atom is -0.493 e. The molecule has 6 N–H and O–H groups in total. The largest absolute Gasteiger partial charge is 0.493 e. The number of aliphatic carboxylic acids is 1. The lowest BCUT2D eigenvalue weighted by Crippen LogP contribution is -2.50. The lowest BCUT2D eigenvalue weighted by molar-refractivity contribution is -0.137. The van der Waals surface area contributed by atoms with Crippen molar-refractivity contribution in [3.8, 4) is 11.5 Å². The Morgan fingerprint density at radius 1 is 0.825 bits per heavy atom. The number of nitrogens with one attached hydrogen (secondary N) is 5. The maximum atomic E-state index is 13.7. The Morgan fingerprint density at radius 3 is 2.24 bits per heavy atom. The first-order valence-corrected chi connectivity index (χ1v) is 20.4. The molecule has 1 aromatic heterocycles. The summed E-state index contributed by atoms with van der Waals surface area (Å²) in [7, 11) is 3.10. The van der Waals surface area contributed by atoms with E-state index >= 15 is 0 Å². The average Bonchev–Trinajstić information content (AvgIpc) is 3.78. The summed E-state index contributed by atoms with van der Waals surface area (Å²) in [5, 5.41) is 21.9. The second-order valence-corrected chi connectivity index (χ2v) is 15.1. The summed E-state index contributed by atoms with van der Waals surface area (Å²) in [5.74, 6) is -2.54.